The molecule has 0 heterocycles. The van der Waals surface area contributed by atoms with Gasteiger partial charge in [-0.2, -0.15) is 0 Å². The predicted octanol–water partition coefficient (Wildman–Crippen LogP) is 3.46. The molecule has 136 valence electrons. The zero-order chi connectivity index (χ0) is 18.8. The van der Waals surface area contributed by atoms with Crippen LogP contribution >= 0.6 is 12.2 Å². The van der Waals surface area contributed by atoms with Gasteiger partial charge in [0.15, 0.2) is 5.11 Å². The molecule has 6 heteroatoms. The number of hydrazine groups is 1. The second-order valence-electron chi connectivity index (χ2n) is 5.85. The fourth-order valence-electron chi connectivity index (χ4n) is 2.47. The molecule has 2 aromatic rings. The minimum Gasteiger partial charge on any atom is -0.298 e. The van der Waals surface area contributed by atoms with E-state index in [0.717, 1.165) is 35.6 Å². The molecule has 0 radical (unpaired) electrons. The zero-order valence-electron chi connectivity index (χ0n) is 14.7. The summed E-state index contributed by atoms with van der Waals surface area (Å²) in [5, 5.41) is 4.74. The molecule has 0 atom stereocenters. The van der Waals surface area contributed by atoms with Crippen LogP contribution < -0.4 is 16.2 Å². The monoisotopic (exact) mass is 369 g/mol. The summed E-state index contributed by atoms with van der Waals surface area (Å²) in [5.41, 5.74) is 5.96. The first kappa shape index (κ1) is 19.6. The first-order valence-corrected chi connectivity index (χ1v) is 9.06. The lowest BCUT2D eigenvalue weighted by Crippen LogP contribution is -2.48. The van der Waals surface area contributed by atoms with E-state index in [1.54, 1.807) is 6.08 Å². The number of fused-ring (bicyclic) bond motifs is 1. The van der Waals surface area contributed by atoms with Gasteiger partial charge in [-0.1, -0.05) is 62.2 Å². The van der Waals surface area contributed by atoms with Gasteiger partial charge in [0.2, 0.25) is 11.8 Å². The molecule has 0 fully saturated rings. The Morgan fingerprint density at radius 2 is 1.81 bits per heavy atom. The summed E-state index contributed by atoms with van der Waals surface area (Å²) in [6.07, 6.45) is 6.48. The molecule has 5 nitrogen and oxygen atoms in total. The molecule has 0 aliphatic heterocycles. The zero-order valence-corrected chi connectivity index (χ0v) is 15.6. The summed E-state index contributed by atoms with van der Waals surface area (Å²) < 4.78 is 0. The Morgan fingerprint density at radius 1 is 1.04 bits per heavy atom. The molecule has 0 aromatic heterocycles. The molecule has 3 N–H and O–H groups in total. The third kappa shape index (κ3) is 6.29. The second kappa shape index (κ2) is 10.3. The standard InChI is InChI=1S/C20H23N3O2S/c1-2-3-4-12-19(25)22-23-20(26)21-18(24)14-13-16-10-7-9-15-8-5-6-11-17(15)16/h5-11,13-14H,2-4,12H2,1H3,(H,22,25)(H2,21,23,24,26)/b14-13+. The summed E-state index contributed by atoms with van der Waals surface area (Å²) in [7, 11) is 0. The van der Waals surface area contributed by atoms with Crippen molar-refractivity contribution in [2.45, 2.75) is 32.6 Å². The minimum atomic E-state index is -0.365. The summed E-state index contributed by atoms with van der Waals surface area (Å²) in [5.74, 6) is -0.517. The van der Waals surface area contributed by atoms with Crippen LogP contribution in [0.2, 0.25) is 0 Å². The number of rotatable bonds is 6. The van der Waals surface area contributed by atoms with Crippen molar-refractivity contribution in [2.24, 2.45) is 0 Å². The molecule has 0 aliphatic carbocycles. The fraction of sp³-hybridized carbons (Fsp3) is 0.250. The van der Waals surface area contributed by atoms with E-state index in [4.69, 9.17) is 12.2 Å². The van der Waals surface area contributed by atoms with E-state index < -0.39 is 0 Å². The van der Waals surface area contributed by atoms with Crippen LogP contribution in [0.15, 0.2) is 48.5 Å². The fourth-order valence-corrected chi connectivity index (χ4v) is 2.62. The van der Waals surface area contributed by atoms with Gasteiger partial charge in [-0.15, -0.1) is 0 Å². The van der Waals surface area contributed by atoms with Crippen molar-refractivity contribution in [3.05, 3.63) is 54.1 Å². The van der Waals surface area contributed by atoms with E-state index in [1.807, 2.05) is 42.5 Å². The van der Waals surface area contributed by atoms with Gasteiger partial charge in [-0.05, 0) is 41.1 Å². The molecular weight excluding hydrogens is 346 g/mol. The molecular formula is C20H23N3O2S. The first-order valence-electron chi connectivity index (χ1n) is 8.66. The first-order chi connectivity index (χ1) is 12.6. The second-order valence-corrected chi connectivity index (χ2v) is 6.26. The van der Waals surface area contributed by atoms with E-state index in [9.17, 15) is 9.59 Å². The smallest absolute Gasteiger partial charge is 0.250 e. The van der Waals surface area contributed by atoms with Gasteiger partial charge in [0, 0.05) is 12.5 Å². The van der Waals surface area contributed by atoms with Crippen LogP contribution in [0.5, 0.6) is 0 Å². The highest BCUT2D eigenvalue weighted by Gasteiger charge is 2.04. The Labute approximate surface area is 158 Å². The van der Waals surface area contributed by atoms with Crippen LogP contribution in [0.1, 0.15) is 38.2 Å². The van der Waals surface area contributed by atoms with Crippen molar-refractivity contribution in [2.75, 3.05) is 0 Å². The van der Waals surface area contributed by atoms with E-state index in [2.05, 4.69) is 23.1 Å². The molecule has 0 saturated carbocycles. The van der Waals surface area contributed by atoms with E-state index in [-0.39, 0.29) is 16.9 Å². The van der Waals surface area contributed by atoms with Gasteiger partial charge in [-0.3, -0.25) is 25.8 Å². The van der Waals surface area contributed by atoms with Crippen LogP contribution in [-0.4, -0.2) is 16.9 Å². The number of thiocarbonyl (C=S) groups is 1. The number of hydrogen-bond donors (Lipinski definition) is 3. The van der Waals surface area contributed by atoms with E-state index in [0.29, 0.717) is 6.42 Å². The number of unbranched alkanes of at least 4 members (excludes halogenated alkanes) is 2. The van der Waals surface area contributed by atoms with Crippen LogP contribution in [0.4, 0.5) is 0 Å². The highest BCUT2D eigenvalue weighted by atomic mass is 32.1. The maximum absolute atomic E-state index is 12.0. The molecule has 0 saturated heterocycles. The summed E-state index contributed by atoms with van der Waals surface area (Å²) in [4.78, 5) is 23.6. The highest BCUT2D eigenvalue weighted by Crippen LogP contribution is 2.19. The maximum atomic E-state index is 12.0. The Kier molecular flexibility index (Phi) is 7.76. The van der Waals surface area contributed by atoms with Crippen LogP contribution in [-0.2, 0) is 9.59 Å². The van der Waals surface area contributed by atoms with Gasteiger partial charge in [0.25, 0.3) is 0 Å². The SMILES string of the molecule is CCCCCC(=O)NNC(=S)NC(=O)/C=C/c1cccc2ccccc12. The lowest BCUT2D eigenvalue weighted by atomic mass is 10.0. The lowest BCUT2D eigenvalue weighted by Gasteiger charge is -2.09. The van der Waals surface area contributed by atoms with Crippen LogP contribution in [0, 0.1) is 0 Å². The van der Waals surface area contributed by atoms with Crippen molar-refractivity contribution in [1.82, 2.24) is 16.2 Å². The van der Waals surface area contributed by atoms with Crippen molar-refractivity contribution in [1.29, 1.82) is 0 Å². The molecule has 2 rings (SSSR count). The molecule has 0 unspecified atom stereocenters. The molecule has 2 amide bonds. The Morgan fingerprint density at radius 3 is 2.62 bits per heavy atom. The highest BCUT2D eigenvalue weighted by molar-refractivity contribution is 7.80. The van der Waals surface area contributed by atoms with Gasteiger partial charge in [0.05, 0.1) is 0 Å². The van der Waals surface area contributed by atoms with Gasteiger partial charge in [0.1, 0.15) is 0 Å². The van der Waals surface area contributed by atoms with Crippen molar-refractivity contribution >= 4 is 46.0 Å². The molecule has 0 spiro atoms. The minimum absolute atomic E-state index is 0.0569. The number of nitrogens with one attached hydrogen (secondary N) is 3. The predicted molar refractivity (Wildman–Crippen MR) is 109 cm³/mol. The topological polar surface area (TPSA) is 70.2 Å². The average Bonchev–Trinajstić information content (AvgIpc) is 2.65. The Balaban J connectivity index is 1.83. The molecule has 26 heavy (non-hydrogen) atoms. The number of carbonyl (C=O) groups excluding carboxylic acids is 2. The lowest BCUT2D eigenvalue weighted by molar-refractivity contribution is -0.122. The number of benzene rings is 2. The van der Waals surface area contributed by atoms with Crippen LogP contribution in [0.25, 0.3) is 16.8 Å². The maximum Gasteiger partial charge on any atom is 0.250 e. The Bertz CT molecular complexity index is 812. The average molecular weight is 369 g/mol. The summed E-state index contributed by atoms with van der Waals surface area (Å²) in [6.45, 7) is 2.08. The quantitative estimate of drug-likeness (QED) is 0.316. The van der Waals surface area contributed by atoms with Gasteiger partial charge in [-0.25, -0.2) is 0 Å². The Hall–Kier alpha value is -2.73. The third-order valence-corrected chi connectivity index (χ3v) is 4.00. The van der Waals surface area contributed by atoms with Crippen molar-refractivity contribution in [3.63, 3.8) is 0 Å². The third-order valence-electron chi connectivity index (χ3n) is 3.80. The normalized spacial score (nSPS) is 10.7. The van der Waals surface area contributed by atoms with Gasteiger partial charge < -0.3 is 0 Å². The number of amides is 2. The number of hydrogen-bond acceptors (Lipinski definition) is 3. The molecule has 2 aromatic carbocycles. The largest absolute Gasteiger partial charge is 0.298 e. The van der Waals surface area contributed by atoms with E-state index in [1.165, 1.54) is 6.08 Å². The summed E-state index contributed by atoms with van der Waals surface area (Å²) in [6, 6.07) is 13.9. The van der Waals surface area contributed by atoms with E-state index >= 15 is 0 Å². The molecule has 0 bridgehead atoms. The van der Waals surface area contributed by atoms with Crippen molar-refractivity contribution < 1.29 is 9.59 Å². The molecule has 0 aliphatic rings. The van der Waals surface area contributed by atoms with Gasteiger partial charge >= 0.3 is 0 Å². The summed E-state index contributed by atoms with van der Waals surface area (Å²) >= 11 is 5.00. The van der Waals surface area contributed by atoms with Crippen LogP contribution in [0.3, 0.4) is 0 Å². The van der Waals surface area contributed by atoms with Crippen molar-refractivity contribution in [3.8, 4) is 0 Å². The number of carbonyl (C=O) groups is 2.